The lowest BCUT2D eigenvalue weighted by Crippen LogP contribution is -2.30. The number of amides is 1. The molecule has 134 valence electrons. The second-order valence-electron chi connectivity index (χ2n) is 5.71. The lowest BCUT2D eigenvalue weighted by Gasteiger charge is -2.23. The van der Waals surface area contributed by atoms with Gasteiger partial charge in [-0.3, -0.25) is 14.9 Å². The van der Waals surface area contributed by atoms with Crippen LogP contribution in [0.4, 0.5) is 11.4 Å². The van der Waals surface area contributed by atoms with Crippen molar-refractivity contribution in [2.24, 2.45) is 0 Å². The molecular weight excluding hydrogens is 348 g/mol. The molecule has 2 aromatic rings. The number of benzene rings is 1. The molecule has 1 amide bonds. The van der Waals surface area contributed by atoms with Crippen LogP contribution in [0, 0.1) is 17.0 Å². The first-order chi connectivity index (χ1) is 11.6. The number of nitro benzene ring substituents is 1. The Bertz CT molecular complexity index is 772. The third-order valence-corrected chi connectivity index (χ3v) is 4.11. The topological polar surface area (TPSA) is 115 Å². The molecule has 9 nitrogen and oxygen atoms in total. The summed E-state index contributed by atoms with van der Waals surface area (Å²) in [6.07, 6.45) is 1.88. The molecule has 2 heterocycles. The monoisotopic (exact) mass is 366 g/mol. The number of nitrogens with one attached hydrogen (secondary N) is 2. The minimum atomic E-state index is -0.506. The zero-order chi connectivity index (χ0) is 17.1. The Morgan fingerprint density at radius 2 is 2.12 bits per heavy atom. The van der Waals surface area contributed by atoms with Crippen molar-refractivity contribution in [3.63, 3.8) is 0 Å². The molecule has 3 rings (SSSR count). The highest BCUT2D eigenvalue weighted by molar-refractivity contribution is 6.03. The Hall–Kier alpha value is -2.52. The average Bonchev–Trinajstić information content (AvgIpc) is 2.97. The van der Waals surface area contributed by atoms with Crippen LogP contribution in [0.1, 0.15) is 35.1 Å². The highest BCUT2D eigenvalue weighted by Crippen LogP contribution is 2.21. The molecule has 0 atom stereocenters. The van der Waals surface area contributed by atoms with E-state index in [0.717, 1.165) is 25.9 Å². The van der Waals surface area contributed by atoms with E-state index in [-0.39, 0.29) is 29.8 Å². The molecule has 2 N–H and O–H groups in total. The number of rotatable bonds is 4. The second kappa shape index (κ2) is 8.04. The molecule has 0 saturated carbocycles. The number of aromatic nitrogens is 3. The Balaban J connectivity index is 0.00000225. The highest BCUT2D eigenvalue weighted by atomic mass is 35.5. The van der Waals surface area contributed by atoms with Gasteiger partial charge in [-0.25, -0.2) is 4.68 Å². The standard InChI is InChI=1S/C15H18N6O3.ClH/c1-10-14(18-19-20(10)12-5-7-16-8-6-12)15(22)17-11-3-2-4-13(9-11)21(23)24;/h2-4,9,12,16H,5-8H2,1H3,(H,17,22);1H. The molecule has 1 aliphatic rings. The van der Waals surface area contributed by atoms with Crippen LogP contribution in [0.2, 0.25) is 0 Å². The Morgan fingerprint density at radius 1 is 1.40 bits per heavy atom. The van der Waals surface area contributed by atoms with Crippen LogP contribution in [0.3, 0.4) is 0 Å². The van der Waals surface area contributed by atoms with Crippen LogP contribution >= 0.6 is 12.4 Å². The van der Waals surface area contributed by atoms with Crippen LogP contribution in [-0.4, -0.2) is 38.9 Å². The van der Waals surface area contributed by atoms with E-state index >= 15 is 0 Å². The van der Waals surface area contributed by atoms with Crippen molar-refractivity contribution < 1.29 is 9.72 Å². The predicted molar refractivity (Wildman–Crippen MR) is 94.2 cm³/mol. The van der Waals surface area contributed by atoms with Gasteiger partial charge >= 0.3 is 0 Å². The molecule has 0 unspecified atom stereocenters. The number of halogens is 1. The van der Waals surface area contributed by atoms with Crippen LogP contribution in [-0.2, 0) is 0 Å². The molecule has 1 fully saturated rings. The van der Waals surface area contributed by atoms with E-state index < -0.39 is 10.8 Å². The van der Waals surface area contributed by atoms with Crippen LogP contribution in [0.25, 0.3) is 0 Å². The van der Waals surface area contributed by atoms with E-state index in [1.807, 2.05) is 6.92 Å². The molecule has 0 aliphatic carbocycles. The number of nitrogens with zero attached hydrogens (tertiary/aromatic N) is 4. The fourth-order valence-electron chi connectivity index (χ4n) is 2.84. The third-order valence-electron chi connectivity index (χ3n) is 4.11. The van der Waals surface area contributed by atoms with Gasteiger partial charge in [-0.05, 0) is 38.9 Å². The third kappa shape index (κ3) is 4.12. The molecule has 25 heavy (non-hydrogen) atoms. The van der Waals surface area contributed by atoms with E-state index in [9.17, 15) is 14.9 Å². The maximum atomic E-state index is 12.4. The maximum absolute atomic E-state index is 12.4. The zero-order valence-corrected chi connectivity index (χ0v) is 14.5. The van der Waals surface area contributed by atoms with E-state index in [2.05, 4.69) is 20.9 Å². The first-order valence-electron chi connectivity index (χ1n) is 7.74. The van der Waals surface area contributed by atoms with Crippen molar-refractivity contribution in [2.75, 3.05) is 18.4 Å². The number of carbonyl (C=O) groups is 1. The molecule has 1 aliphatic heterocycles. The molecule has 1 aromatic heterocycles. The molecule has 0 radical (unpaired) electrons. The lowest BCUT2D eigenvalue weighted by molar-refractivity contribution is -0.384. The summed E-state index contributed by atoms with van der Waals surface area (Å²) in [5.74, 6) is -0.423. The number of carbonyl (C=O) groups excluding carboxylic acids is 1. The summed E-state index contributed by atoms with van der Waals surface area (Å²) >= 11 is 0. The first kappa shape index (κ1) is 18.8. The minimum absolute atomic E-state index is 0. The molecule has 1 aromatic carbocycles. The number of anilines is 1. The first-order valence-corrected chi connectivity index (χ1v) is 7.74. The van der Waals surface area contributed by atoms with Crippen molar-refractivity contribution in [3.05, 3.63) is 45.8 Å². The zero-order valence-electron chi connectivity index (χ0n) is 13.6. The Kier molecular flexibility index (Phi) is 6.05. The van der Waals surface area contributed by atoms with Gasteiger partial charge in [0, 0.05) is 17.8 Å². The van der Waals surface area contributed by atoms with Crippen molar-refractivity contribution in [1.82, 2.24) is 20.3 Å². The number of nitro groups is 1. The largest absolute Gasteiger partial charge is 0.320 e. The predicted octanol–water partition coefficient (Wildman–Crippen LogP) is 2.09. The lowest BCUT2D eigenvalue weighted by atomic mass is 10.1. The summed E-state index contributed by atoms with van der Waals surface area (Å²) in [7, 11) is 0. The summed E-state index contributed by atoms with van der Waals surface area (Å²) in [6, 6.07) is 6.03. The quantitative estimate of drug-likeness (QED) is 0.632. The summed E-state index contributed by atoms with van der Waals surface area (Å²) in [5, 5.41) is 24.8. The van der Waals surface area contributed by atoms with Gasteiger partial charge in [-0.1, -0.05) is 11.3 Å². The van der Waals surface area contributed by atoms with E-state index in [4.69, 9.17) is 0 Å². The van der Waals surface area contributed by atoms with Crippen molar-refractivity contribution >= 4 is 29.7 Å². The van der Waals surface area contributed by atoms with E-state index in [0.29, 0.717) is 11.4 Å². The molecule has 10 heteroatoms. The average molecular weight is 367 g/mol. The van der Waals surface area contributed by atoms with Gasteiger partial charge in [-0.2, -0.15) is 0 Å². The van der Waals surface area contributed by atoms with Crippen molar-refractivity contribution in [1.29, 1.82) is 0 Å². The van der Waals surface area contributed by atoms with Crippen LogP contribution in [0.5, 0.6) is 0 Å². The van der Waals surface area contributed by atoms with Gasteiger partial charge in [0.1, 0.15) is 0 Å². The van der Waals surface area contributed by atoms with Crippen LogP contribution < -0.4 is 10.6 Å². The van der Waals surface area contributed by atoms with Crippen LogP contribution in [0.15, 0.2) is 24.3 Å². The van der Waals surface area contributed by atoms with E-state index in [1.165, 1.54) is 18.2 Å². The smallest absolute Gasteiger partial charge is 0.278 e. The maximum Gasteiger partial charge on any atom is 0.278 e. The normalized spacial score (nSPS) is 14.6. The Morgan fingerprint density at radius 3 is 2.80 bits per heavy atom. The number of hydrogen-bond donors (Lipinski definition) is 2. The van der Waals surface area contributed by atoms with Gasteiger partial charge in [0.15, 0.2) is 5.69 Å². The van der Waals surface area contributed by atoms with Gasteiger partial charge in [0.05, 0.1) is 16.7 Å². The Labute approximate surface area is 150 Å². The fourth-order valence-corrected chi connectivity index (χ4v) is 2.84. The molecule has 0 bridgehead atoms. The number of hydrogen-bond acceptors (Lipinski definition) is 6. The molecular formula is C15H19ClN6O3. The summed E-state index contributed by atoms with van der Waals surface area (Å²) < 4.78 is 1.79. The second-order valence-corrected chi connectivity index (χ2v) is 5.71. The summed E-state index contributed by atoms with van der Waals surface area (Å²) in [6.45, 7) is 3.64. The van der Waals surface area contributed by atoms with Gasteiger partial charge < -0.3 is 10.6 Å². The minimum Gasteiger partial charge on any atom is -0.320 e. The van der Waals surface area contributed by atoms with Crippen molar-refractivity contribution in [2.45, 2.75) is 25.8 Å². The van der Waals surface area contributed by atoms with E-state index in [1.54, 1.807) is 10.7 Å². The van der Waals surface area contributed by atoms with Gasteiger partial charge in [0.2, 0.25) is 0 Å². The summed E-state index contributed by atoms with van der Waals surface area (Å²) in [4.78, 5) is 22.7. The van der Waals surface area contributed by atoms with Crippen molar-refractivity contribution in [3.8, 4) is 0 Å². The molecule has 0 spiro atoms. The summed E-state index contributed by atoms with van der Waals surface area (Å²) in [5.41, 5.74) is 1.21. The SMILES string of the molecule is Cc1c(C(=O)Nc2cccc([N+](=O)[O-])c2)nnn1C1CCNCC1.Cl. The highest BCUT2D eigenvalue weighted by Gasteiger charge is 2.23. The fraction of sp³-hybridized carbons (Fsp3) is 0.400. The number of piperidine rings is 1. The number of non-ortho nitro benzene ring substituents is 1. The van der Waals surface area contributed by atoms with Gasteiger partial charge in [0.25, 0.3) is 11.6 Å². The van der Waals surface area contributed by atoms with Gasteiger partial charge in [-0.15, -0.1) is 17.5 Å². The molecule has 1 saturated heterocycles.